The van der Waals surface area contributed by atoms with E-state index in [4.69, 9.17) is 10.5 Å². The number of primary amides is 1. The number of nitrogens with zero attached hydrogens (tertiary/aromatic N) is 1. The van der Waals surface area contributed by atoms with Crippen molar-refractivity contribution in [3.05, 3.63) is 29.8 Å². The zero-order chi connectivity index (χ0) is 16.7. The predicted molar refractivity (Wildman–Crippen MR) is 89.0 cm³/mol. The highest BCUT2D eigenvalue weighted by Crippen LogP contribution is 2.18. The molecule has 5 heteroatoms. The van der Waals surface area contributed by atoms with Crippen molar-refractivity contribution in [1.82, 2.24) is 4.90 Å². The molecule has 0 bridgehead atoms. The zero-order valence-corrected chi connectivity index (χ0v) is 13.8. The van der Waals surface area contributed by atoms with Gasteiger partial charge in [-0.3, -0.25) is 9.59 Å². The monoisotopic (exact) mass is 318 g/mol. The minimum Gasteiger partial charge on any atom is -0.494 e. The lowest BCUT2D eigenvalue weighted by molar-refractivity contribution is -0.134. The largest absolute Gasteiger partial charge is 0.494 e. The van der Waals surface area contributed by atoms with E-state index in [1.807, 2.05) is 29.2 Å². The van der Waals surface area contributed by atoms with E-state index in [9.17, 15) is 9.59 Å². The highest BCUT2D eigenvalue weighted by Gasteiger charge is 2.25. The fraction of sp³-hybridized carbons (Fsp3) is 0.556. The summed E-state index contributed by atoms with van der Waals surface area (Å²) in [6, 6.07) is 7.93. The van der Waals surface area contributed by atoms with E-state index >= 15 is 0 Å². The third kappa shape index (κ3) is 5.27. The van der Waals surface area contributed by atoms with E-state index in [1.54, 1.807) is 0 Å². The fourth-order valence-electron chi connectivity index (χ4n) is 2.80. The van der Waals surface area contributed by atoms with Crippen LogP contribution in [0.3, 0.4) is 0 Å². The number of hydrogen-bond donors (Lipinski definition) is 1. The van der Waals surface area contributed by atoms with Gasteiger partial charge in [0.05, 0.1) is 6.61 Å². The Kier molecular flexibility index (Phi) is 6.44. The van der Waals surface area contributed by atoms with Gasteiger partial charge in [0, 0.05) is 25.4 Å². The van der Waals surface area contributed by atoms with Crippen molar-refractivity contribution >= 4 is 11.8 Å². The van der Waals surface area contributed by atoms with E-state index in [1.165, 1.54) is 0 Å². The van der Waals surface area contributed by atoms with Crippen molar-refractivity contribution in [3.63, 3.8) is 0 Å². The van der Waals surface area contributed by atoms with Gasteiger partial charge < -0.3 is 15.4 Å². The molecule has 1 aromatic rings. The Morgan fingerprint density at radius 3 is 2.43 bits per heavy atom. The van der Waals surface area contributed by atoms with Crippen LogP contribution in [-0.4, -0.2) is 36.4 Å². The summed E-state index contributed by atoms with van der Waals surface area (Å²) in [6.07, 6.45) is 3.58. The highest BCUT2D eigenvalue weighted by atomic mass is 16.5. The van der Waals surface area contributed by atoms with Gasteiger partial charge in [-0.2, -0.15) is 0 Å². The maximum Gasteiger partial charge on any atom is 0.222 e. The summed E-state index contributed by atoms with van der Waals surface area (Å²) in [5, 5.41) is 0. The Morgan fingerprint density at radius 1 is 1.22 bits per heavy atom. The summed E-state index contributed by atoms with van der Waals surface area (Å²) in [7, 11) is 0. The molecule has 0 atom stereocenters. The van der Waals surface area contributed by atoms with E-state index in [0.717, 1.165) is 30.8 Å². The summed E-state index contributed by atoms with van der Waals surface area (Å²) in [4.78, 5) is 25.2. The number of likely N-dealkylation sites (tertiary alicyclic amines) is 1. The summed E-state index contributed by atoms with van der Waals surface area (Å²) >= 11 is 0. The van der Waals surface area contributed by atoms with Crippen LogP contribution in [0, 0.1) is 5.92 Å². The first-order chi connectivity index (χ1) is 11.1. The molecule has 2 amide bonds. The van der Waals surface area contributed by atoms with Crippen LogP contribution in [0.25, 0.3) is 0 Å². The van der Waals surface area contributed by atoms with Crippen LogP contribution < -0.4 is 10.5 Å². The average Bonchev–Trinajstić information content (AvgIpc) is 2.58. The van der Waals surface area contributed by atoms with E-state index < -0.39 is 0 Å². The van der Waals surface area contributed by atoms with Crippen LogP contribution in [0.5, 0.6) is 5.75 Å². The summed E-state index contributed by atoms with van der Waals surface area (Å²) in [5.74, 6) is 0.701. The molecule has 1 aliphatic heterocycles. The van der Waals surface area contributed by atoms with E-state index in [0.29, 0.717) is 32.4 Å². The van der Waals surface area contributed by atoms with Gasteiger partial charge in [-0.1, -0.05) is 19.1 Å². The number of amides is 2. The average molecular weight is 318 g/mol. The van der Waals surface area contributed by atoms with Crippen LogP contribution in [0.15, 0.2) is 24.3 Å². The predicted octanol–water partition coefficient (Wildman–Crippen LogP) is 2.13. The summed E-state index contributed by atoms with van der Waals surface area (Å²) in [5.41, 5.74) is 6.45. The lowest BCUT2D eigenvalue weighted by atomic mass is 9.96. The van der Waals surface area contributed by atoms with Crippen LogP contribution in [-0.2, 0) is 16.0 Å². The zero-order valence-electron chi connectivity index (χ0n) is 13.8. The molecule has 2 N–H and O–H groups in total. The van der Waals surface area contributed by atoms with Crippen molar-refractivity contribution < 1.29 is 14.3 Å². The van der Waals surface area contributed by atoms with Gasteiger partial charge in [0.25, 0.3) is 0 Å². The summed E-state index contributed by atoms with van der Waals surface area (Å²) in [6.45, 7) is 4.07. The molecule has 5 nitrogen and oxygen atoms in total. The smallest absolute Gasteiger partial charge is 0.222 e. The molecule has 0 unspecified atom stereocenters. The van der Waals surface area contributed by atoms with Crippen molar-refractivity contribution in [3.8, 4) is 5.75 Å². The molecular weight excluding hydrogens is 292 g/mol. The second kappa shape index (κ2) is 8.56. The molecule has 1 aliphatic rings. The molecule has 1 saturated heterocycles. The topological polar surface area (TPSA) is 72.6 Å². The minimum absolute atomic E-state index is 0.0743. The summed E-state index contributed by atoms with van der Waals surface area (Å²) < 4.78 is 5.55. The molecule has 126 valence electrons. The minimum atomic E-state index is -0.248. The number of carbonyl (C=O) groups excluding carboxylic acids is 2. The number of piperidine rings is 1. The van der Waals surface area contributed by atoms with Crippen molar-refractivity contribution in [2.75, 3.05) is 19.7 Å². The normalized spacial score (nSPS) is 15.4. The molecule has 0 aliphatic carbocycles. The molecule has 0 spiro atoms. The lowest BCUT2D eigenvalue weighted by Gasteiger charge is -2.30. The number of ether oxygens (including phenoxy) is 1. The Morgan fingerprint density at radius 2 is 1.87 bits per heavy atom. The molecule has 0 aromatic heterocycles. The Bertz CT molecular complexity index is 520. The van der Waals surface area contributed by atoms with Crippen molar-refractivity contribution in [2.24, 2.45) is 11.7 Å². The van der Waals surface area contributed by atoms with Crippen LogP contribution in [0.2, 0.25) is 0 Å². The van der Waals surface area contributed by atoms with Gasteiger partial charge in [-0.05, 0) is 43.4 Å². The number of carbonyl (C=O) groups is 2. The molecule has 0 radical (unpaired) electrons. The van der Waals surface area contributed by atoms with Crippen LogP contribution in [0.4, 0.5) is 0 Å². The van der Waals surface area contributed by atoms with Crippen LogP contribution >= 0.6 is 0 Å². The quantitative estimate of drug-likeness (QED) is 0.837. The van der Waals surface area contributed by atoms with Gasteiger partial charge in [-0.15, -0.1) is 0 Å². The van der Waals surface area contributed by atoms with Gasteiger partial charge in [0.15, 0.2) is 0 Å². The van der Waals surface area contributed by atoms with Gasteiger partial charge >= 0.3 is 0 Å². The molecule has 1 heterocycles. The second-order valence-electron chi connectivity index (χ2n) is 6.05. The SMILES string of the molecule is CCCOc1ccc(CCC(=O)N2CCC(C(N)=O)CC2)cc1. The molecule has 1 fully saturated rings. The standard InChI is InChI=1S/C18H26N2O3/c1-2-13-23-16-6-3-14(4-7-16)5-8-17(21)20-11-9-15(10-12-20)18(19)22/h3-4,6-7,15H,2,5,8-13H2,1H3,(H2,19,22). The van der Waals surface area contributed by atoms with Gasteiger partial charge in [-0.25, -0.2) is 0 Å². The maximum absolute atomic E-state index is 12.2. The molecule has 1 aromatic carbocycles. The third-order valence-corrected chi connectivity index (χ3v) is 4.27. The number of hydrogen-bond acceptors (Lipinski definition) is 3. The third-order valence-electron chi connectivity index (χ3n) is 4.27. The van der Waals surface area contributed by atoms with E-state index in [-0.39, 0.29) is 17.7 Å². The van der Waals surface area contributed by atoms with Gasteiger partial charge in [0.2, 0.25) is 11.8 Å². The van der Waals surface area contributed by atoms with Crippen LogP contribution in [0.1, 0.15) is 38.2 Å². The first-order valence-electron chi connectivity index (χ1n) is 8.39. The first kappa shape index (κ1) is 17.3. The lowest BCUT2D eigenvalue weighted by Crippen LogP contribution is -2.41. The number of benzene rings is 1. The molecular formula is C18H26N2O3. The number of rotatable bonds is 7. The maximum atomic E-state index is 12.2. The fourth-order valence-corrected chi connectivity index (χ4v) is 2.80. The van der Waals surface area contributed by atoms with Crippen molar-refractivity contribution in [1.29, 1.82) is 0 Å². The highest BCUT2D eigenvalue weighted by molar-refractivity contribution is 5.79. The Labute approximate surface area is 137 Å². The molecule has 0 saturated carbocycles. The molecule has 2 rings (SSSR count). The number of aryl methyl sites for hydroxylation is 1. The van der Waals surface area contributed by atoms with E-state index in [2.05, 4.69) is 6.92 Å². The Balaban J connectivity index is 1.75. The van der Waals surface area contributed by atoms with Gasteiger partial charge in [0.1, 0.15) is 5.75 Å². The molecule has 23 heavy (non-hydrogen) atoms. The Hall–Kier alpha value is -2.04. The second-order valence-corrected chi connectivity index (χ2v) is 6.05. The van der Waals surface area contributed by atoms with Crippen molar-refractivity contribution in [2.45, 2.75) is 39.0 Å². The first-order valence-corrected chi connectivity index (χ1v) is 8.39. The number of nitrogens with two attached hydrogens (primary N) is 1.